The third kappa shape index (κ3) is 4.11. The molecule has 1 aliphatic heterocycles. The summed E-state index contributed by atoms with van der Waals surface area (Å²) in [6.45, 7) is 7.93. The van der Waals surface area contributed by atoms with Crippen LogP contribution in [0.3, 0.4) is 0 Å². The number of amides is 1. The average molecular weight is 316 g/mol. The Morgan fingerprint density at radius 2 is 2.19 bits per heavy atom. The molecule has 5 heteroatoms. The average Bonchev–Trinajstić information content (AvgIpc) is 3.00. The molecule has 1 heterocycles. The van der Waals surface area contributed by atoms with Crippen molar-refractivity contribution in [1.29, 1.82) is 0 Å². The van der Waals surface area contributed by atoms with Gasteiger partial charge in [0, 0.05) is 31.7 Å². The maximum absolute atomic E-state index is 12.2. The molecule has 0 spiro atoms. The summed E-state index contributed by atoms with van der Waals surface area (Å²) in [4.78, 5) is 14.5. The zero-order valence-electron chi connectivity index (χ0n) is 13.3. The lowest BCUT2D eigenvalue weighted by molar-refractivity contribution is -0.123. The Hall–Kier alpha value is -0.320. The number of nitrogens with zero attached hydrogens (tertiary/aromatic N) is 1. The Bertz CT molecular complexity index is 365. The number of hydrogen-bond acceptors (Lipinski definition) is 3. The molecule has 1 amide bonds. The number of halogens is 1. The van der Waals surface area contributed by atoms with Crippen molar-refractivity contribution >= 4 is 18.3 Å². The lowest BCUT2D eigenvalue weighted by atomic mass is 9.84. The summed E-state index contributed by atoms with van der Waals surface area (Å²) in [5, 5.41) is 6.68. The fraction of sp³-hybridized carbons (Fsp3) is 0.938. The van der Waals surface area contributed by atoms with Gasteiger partial charge in [0.15, 0.2) is 0 Å². The van der Waals surface area contributed by atoms with E-state index < -0.39 is 0 Å². The molecular weight excluding hydrogens is 286 g/mol. The topological polar surface area (TPSA) is 44.4 Å². The van der Waals surface area contributed by atoms with Crippen LogP contribution in [0.15, 0.2) is 0 Å². The lowest BCUT2D eigenvalue weighted by Crippen LogP contribution is -2.53. The highest BCUT2D eigenvalue weighted by molar-refractivity contribution is 5.85. The first-order valence-corrected chi connectivity index (χ1v) is 8.37. The Kier molecular flexibility index (Phi) is 5.92. The fourth-order valence-electron chi connectivity index (χ4n) is 4.67. The van der Waals surface area contributed by atoms with Gasteiger partial charge >= 0.3 is 0 Å². The van der Waals surface area contributed by atoms with E-state index in [2.05, 4.69) is 29.4 Å². The Balaban J connectivity index is 0.00000161. The van der Waals surface area contributed by atoms with E-state index in [1.165, 1.54) is 25.7 Å². The summed E-state index contributed by atoms with van der Waals surface area (Å²) >= 11 is 0. The van der Waals surface area contributed by atoms with Gasteiger partial charge < -0.3 is 10.6 Å². The van der Waals surface area contributed by atoms with E-state index in [1.54, 1.807) is 0 Å². The van der Waals surface area contributed by atoms with Crippen molar-refractivity contribution in [2.45, 2.75) is 51.6 Å². The van der Waals surface area contributed by atoms with E-state index in [9.17, 15) is 4.79 Å². The lowest BCUT2D eigenvalue weighted by Gasteiger charge is -2.33. The molecule has 3 fully saturated rings. The summed E-state index contributed by atoms with van der Waals surface area (Å²) < 4.78 is 0. The molecule has 2 N–H and O–H groups in total. The molecule has 3 rings (SSSR count). The Labute approximate surface area is 134 Å². The highest BCUT2D eigenvalue weighted by atomic mass is 35.5. The van der Waals surface area contributed by atoms with Crippen LogP contribution in [0.4, 0.5) is 0 Å². The summed E-state index contributed by atoms with van der Waals surface area (Å²) in [5.41, 5.74) is 0. The highest BCUT2D eigenvalue weighted by Crippen LogP contribution is 2.49. The van der Waals surface area contributed by atoms with Gasteiger partial charge in [-0.15, -0.1) is 12.4 Å². The van der Waals surface area contributed by atoms with Crippen LogP contribution in [0.25, 0.3) is 0 Å². The molecule has 4 nitrogen and oxygen atoms in total. The van der Waals surface area contributed by atoms with Crippen LogP contribution < -0.4 is 10.6 Å². The molecule has 2 bridgehead atoms. The van der Waals surface area contributed by atoms with Gasteiger partial charge in [0.25, 0.3) is 0 Å². The van der Waals surface area contributed by atoms with Crippen molar-refractivity contribution in [3.63, 3.8) is 0 Å². The zero-order valence-corrected chi connectivity index (χ0v) is 14.1. The van der Waals surface area contributed by atoms with E-state index in [-0.39, 0.29) is 18.3 Å². The Morgan fingerprint density at radius 1 is 1.38 bits per heavy atom. The van der Waals surface area contributed by atoms with Crippen LogP contribution in [0, 0.1) is 17.8 Å². The standard InChI is InChI=1S/C16H29N3O.ClH/c1-11-9-19(6-5-17-11)10-16(20)18-12(2)15-8-13-3-4-14(15)7-13;/h11-15,17H,3-10H2,1-2H3,(H,18,20);1H. The third-order valence-corrected chi connectivity index (χ3v) is 5.64. The van der Waals surface area contributed by atoms with Gasteiger partial charge in [-0.1, -0.05) is 6.42 Å². The van der Waals surface area contributed by atoms with Crippen molar-refractivity contribution in [3.05, 3.63) is 0 Å². The first-order valence-electron chi connectivity index (χ1n) is 8.37. The summed E-state index contributed by atoms with van der Waals surface area (Å²) in [6.07, 6.45) is 5.59. The van der Waals surface area contributed by atoms with E-state index >= 15 is 0 Å². The highest BCUT2D eigenvalue weighted by Gasteiger charge is 2.42. The normalized spacial score (nSPS) is 37.0. The smallest absolute Gasteiger partial charge is 0.234 e. The van der Waals surface area contributed by atoms with Crippen molar-refractivity contribution in [2.75, 3.05) is 26.2 Å². The molecule has 21 heavy (non-hydrogen) atoms. The summed E-state index contributed by atoms with van der Waals surface area (Å²) in [6, 6.07) is 0.859. The number of carbonyl (C=O) groups is 1. The SMILES string of the molecule is CC1CN(CC(=O)NC(C)C2CC3CCC2C3)CCN1.Cl. The minimum Gasteiger partial charge on any atom is -0.352 e. The fourth-order valence-corrected chi connectivity index (χ4v) is 4.67. The molecule has 2 saturated carbocycles. The molecule has 2 aliphatic carbocycles. The minimum absolute atomic E-state index is 0. The van der Waals surface area contributed by atoms with Gasteiger partial charge in [0.2, 0.25) is 5.91 Å². The monoisotopic (exact) mass is 315 g/mol. The van der Waals surface area contributed by atoms with Crippen LogP contribution in [0.5, 0.6) is 0 Å². The molecule has 0 aromatic heterocycles. The zero-order chi connectivity index (χ0) is 14.1. The second-order valence-corrected chi connectivity index (χ2v) is 7.29. The number of rotatable bonds is 4. The van der Waals surface area contributed by atoms with Gasteiger partial charge in [0.05, 0.1) is 6.54 Å². The number of hydrogen-bond donors (Lipinski definition) is 2. The molecule has 5 atom stereocenters. The van der Waals surface area contributed by atoms with Gasteiger partial charge in [0.1, 0.15) is 0 Å². The Morgan fingerprint density at radius 3 is 2.81 bits per heavy atom. The third-order valence-electron chi connectivity index (χ3n) is 5.64. The second kappa shape index (κ2) is 7.30. The number of fused-ring (bicyclic) bond motifs is 2. The van der Waals surface area contributed by atoms with Crippen LogP contribution in [0.2, 0.25) is 0 Å². The molecule has 122 valence electrons. The molecule has 5 unspecified atom stereocenters. The van der Waals surface area contributed by atoms with E-state index in [4.69, 9.17) is 0 Å². The summed E-state index contributed by atoms with van der Waals surface area (Å²) in [5.74, 6) is 2.79. The molecule has 1 saturated heterocycles. The first-order chi connectivity index (χ1) is 9.61. The van der Waals surface area contributed by atoms with Crippen molar-refractivity contribution in [2.24, 2.45) is 17.8 Å². The number of piperazine rings is 1. The van der Waals surface area contributed by atoms with Crippen molar-refractivity contribution in [1.82, 2.24) is 15.5 Å². The van der Waals surface area contributed by atoms with E-state index in [1.807, 2.05) is 0 Å². The number of nitrogens with one attached hydrogen (secondary N) is 2. The van der Waals surface area contributed by atoms with Crippen molar-refractivity contribution < 1.29 is 4.79 Å². The molecule has 0 radical (unpaired) electrons. The van der Waals surface area contributed by atoms with Gasteiger partial charge in [-0.3, -0.25) is 9.69 Å². The van der Waals surface area contributed by atoms with Crippen LogP contribution >= 0.6 is 12.4 Å². The summed E-state index contributed by atoms with van der Waals surface area (Å²) in [7, 11) is 0. The maximum atomic E-state index is 12.2. The second-order valence-electron chi connectivity index (χ2n) is 7.29. The molecule has 0 aromatic rings. The van der Waals surface area contributed by atoms with Gasteiger partial charge in [-0.2, -0.15) is 0 Å². The van der Waals surface area contributed by atoms with Gasteiger partial charge in [-0.05, 0) is 50.9 Å². The molecule has 0 aromatic carbocycles. The predicted octanol–water partition coefficient (Wildman–Crippen LogP) is 1.64. The van der Waals surface area contributed by atoms with Crippen LogP contribution in [-0.4, -0.2) is 49.1 Å². The minimum atomic E-state index is 0. The van der Waals surface area contributed by atoms with E-state index in [0.29, 0.717) is 18.6 Å². The van der Waals surface area contributed by atoms with E-state index in [0.717, 1.165) is 37.4 Å². The quantitative estimate of drug-likeness (QED) is 0.829. The predicted molar refractivity (Wildman–Crippen MR) is 87.7 cm³/mol. The van der Waals surface area contributed by atoms with Crippen LogP contribution in [-0.2, 0) is 4.79 Å². The maximum Gasteiger partial charge on any atom is 0.234 e. The van der Waals surface area contributed by atoms with Crippen LogP contribution in [0.1, 0.15) is 39.5 Å². The first kappa shape index (κ1) is 17.0. The number of carbonyl (C=O) groups excluding carboxylic acids is 1. The van der Waals surface area contributed by atoms with Crippen molar-refractivity contribution in [3.8, 4) is 0 Å². The largest absolute Gasteiger partial charge is 0.352 e. The van der Waals surface area contributed by atoms with Gasteiger partial charge in [-0.25, -0.2) is 0 Å². The molecule has 3 aliphatic rings. The molecular formula is C16H30ClN3O.